The maximum atomic E-state index is 13.3. The van der Waals surface area contributed by atoms with Gasteiger partial charge in [-0.1, -0.05) is 30.3 Å². The van der Waals surface area contributed by atoms with Crippen LogP contribution in [0.3, 0.4) is 0 Å². The van der Waals surface area contributed by atoms with Crippen molar-refractivity contribution in [1.29, 1.82) is 0 Å². The van der Waals surface area contributed by atoms with Crippen LogP contribution in [0.4, 0.5) is 4.39 Å². The van der Waals surface area contributed by atoms with Gasteiger partial charge in [0.2, 0.25) is 5.82 Å². The molecule has 1 aromatic carbocycles. The highest BCUT2D eigenvalue weighted by Gasteiger charge is 2.15. The normalized spacial score (nSPS) is 11.1. The molecule has 22 heavy (non-hydrogen) atoms. The van der Waals surface area contributed by atoms with E-state index in [1.54, 1.807) is 17.5 Å². The van der Waals surface area contributed by atoms with Crippen LogP contribution in [-0.2, 0) is 0 Å². The summed E-state index contributed by atoms with van der Waals surface area (Å²) in [5.41, 5.74) is 3.43. The number of aromatic nitrogens is 3. The van der Waals surface area contributed by atoms with Gasteiger partial charge in [0.1, 0.15) is 0 Å². The number of halogens is 1. The summed E-state index contributed by atoms with van der Waals surface area (Å²) in [6.45, 7) is 0. The minimum absolute atomic E-state index is 0.431. The van der Waals surface area contributed by atoms with Gasteiger partial charge in [-0.2, -0.15) is 14.0 Å². The molecule has 3 aromatic heterocycles. The Balaban J connectivity index is 1.84. The predicted octanol–water partition coefficient (Wildman–Crippen LogP) is 3.97. The van der Waals surface area contributed by atoms with Crippen molar-refractivity contribution >= 4 is 17.0 Å². The molecule has 0 bridgehead atoms. The van der Waals surface area contributed by atoms with Crippen LogP contribution in [0, 0.1) is 5.82 Å². The molecule has 0 unspecified atom stereocenters. The first kappa shape index (κ1) is 13.0. The Morgan fingerprint density at radius 3 is 2.73 bits per heavy atom. The van der Waals surface area contributed by atoms with Gasteiger partial charge in [0.25, 0.3) is 5.88 Å². The number of hydrogen-bond donors (Lipinski definition) is 1. The van der Waals surface area contributed by atoms with Gasteiger partial charge in [0.15, 0.2) is 5.65 Å². The summed E-state index contributed by atoms with van der Waals surface area (Å²) in [6, 6.07) is 12.1. The van der Waals surface area contributed by atoms with Crippen molar-refractivity contribution in [3.8, 4) is 27.4 Å². The highest BCUT2D eigenvalue weighted by molar-refractivity contribution is 7.14. The number of nitrogens with zero attached hydrogens (tertiary/aromatic N) is 3. The first-order valence-corrected chi connectivity index (χ1v) is 7.47. The molecule has 0 atom stereocenters. The van der Waals surface area contributed by atoms with E-state index in [9.17, 15) is 9.50 Å². The lowest BCUT2D eigenvalue weighted by atomic mass is 10.1. The Morgan fingerprint density at radius 2 is 1.91 bits per heavy atom. The third-order valence-corrected chi connectivity index (χ3v) is 4.39. The summed E-state index contributed by atoms with van der Waals surface area (Å²) in [4.78, 5) is 5.00. The molecule has 0 aliphatic carbocycles. The molecule has 0 saturated carbocycles. The first-order chi connectivity index (χ1) is 10.7. The van der Waals surface area contributed by atoms with E-state index < -0.39 is 11.7 Å². The van der Waals surface area contributed by atoms with Gasteiger partial charge in [0, 0.05) is 4.88 Å². The lowest BCUT2D eigenvalue weighted by Gasteiger charge is -1.99. The van der Waals surface area contributed by atoms with Gasteiger partial charge < -0.3 is 5.11 Å². The van der Waals surface area contributed by atoms with Crippen molar-refractivity contribution in [2.24, 2.45) is 0 Å². The molecule has 4 rings (SSSR count). The summed E-state index contributed by atoms with van der Waals surface area (Å²) in [6.07, 6.45) is 2.59. The van der Waals surface area contributed by atoms with Gasteiger partial charge in [-0.25, -0.2) is 4.98 Å². The monoisotopic (exact) mass is 311 g/mol. The quantitative estimate of drug-likeness (QED) is 0.609. The third kappa shape index (κ3) is 1.96. The Kier molecular flexibility index (Phi) is 2.90. The second kappa shape index (κ2) is 4.92. The van der Waals surface area contributed by atoms with Gasteiger partial charge in [-0.05, 0) is 22.6 Å². The van der Waals surface area contributed by atoms with Crippen LogP contribution >= 0.6 is 11.3 Å². The van der Waals surface area contributed by atoms with Crippen LogP contribution in [0.5, 0.6) is 5.88 Å². The van der Waals surface area contributed by atoms with Crippen molar-refractivity contribution < 1.29 is 9.50 Å². The summed E-state index contributed by atoms with van der Waals surface area (Å²) in [7, 11) is 0. The van der Waals surface area contributed by atoms with Crippen molar-refractivity contribution in [3.05, 3.63) is 60.0 Å². The molecule has 0 saturated heterocycles. The molecule has 4 nitrogen and oxygen atoms in total. The molecule has 0 aliphatic heterocycles. The van der Waals surface area contributed by atoms with Crippen molar-refractivity contribution in [2.75, 3.05) is 0 Å². The molecule has 0 amide bonds. The first-order valence-electron chi connectivity index (χ1n) is 6.59. The van der Waals surface area contributed by atoms with E-state index in [2.05, 4.69) is 15.5 Å². The van der Waals surface area contributed by atoms with E-state index in [0.717, 1.165) is 32.3 Å². The fourth-order valence-electron chi connectivity index (χ4n) is 2.33. The van der Waals surface area contributed by atoms with E-state index in [1.807, 2.05) is 36.4 Å². The molecule has 0 aliphatic rings. The highest BCUT2D eigenvalue weighted by Crippen LogP contribution is 2.34. The van der Waals surface area contributed by atoms with Crippen LogP contribution < -0.4 is 0 Å². The molecule has 108 valence electrons. The van der Waals surface area contributed by atoms with E-state index in [1.165, 1.54) is 0 Å². The summed E-state index contributed by atoms with van der Waals surface area (Å²) < 4.78 is 14.4. The largest absolute Gasteiger partial charge is 0.491 e. The van der Waals surface area contributed by atoms with Gasteiger partial charge >= 0.3 is 0 Å². The fourth-order valence-corrected chi connectivity index (χ4v) is 3.26. The minimum Gasteiger partial charge on any atom is -0.491 e. The maximum absolute atomic E-state index is 13.3. The SMILES string of the molecule is Oc1c(F)cnc2c(-c3cc(-c4ccccc4)cs3)cnn12. The third-order valence-electron chi connectivity index (χ3n) is 3.43. The van der Waals surface area contributed by atoms with Gasteiger partial charge in [-0.15, -0.1) is 11.3 Å². The second-order valence-electron chi connectivity index (χ2n) is 4.79. The number of hydrogen-bond acceptors (Lipinski definition) is 4. The van der Waals surface area contributed by atoms with E-state index in [0.29, 0.717) is 5.65 Å². The zero-order chi connectivity index (χ0) is 15.1. The summed E-state index contributed by atoms with van der Waals surface area (Å²) >= 11 is 1.56. The van der Waals surface area contributed by atoms with Crippen LogP contribution in [-0.4, -0.2) is 19.7 Å². The molecule has 0 fully saturated rings. The summed E-state index contributed by atoms with van der Waals surface area (Å²) in [5, 5.41) is 15.8. The highest BCUT2D eigenvalue weighted by atomic mass is 32.1. The van der Waals surface area contributed by atoms with Crippen LogP contribution in [0.1, 0.15) is 0 Å². The summed E-state index contributed by atoms with van der Waals surface area (Å²) in [5.74, 6) is -1.32. The van der Waals surface area contributed by atoms with Gasteiger partial charge in [0.05, 0.1) is 18.0 Å². The van der Waals surface area contributed by atoms with Crippen molar-refractivity contribution in [3.63, 3.8) is 0 Å². The number of thiophene rings is 1. The number of rotatable bonds is 2. The second-order valence-corrected chi connectivity index (χ2v) is 5.70. The van der Waals surface area contributed by atoms with E-state index >= 15 is 0 Å². The van der Waals surface area contributed by atoms with Crippen LogP contribution in [0.15, 0.2) is 54.2 Å². The Labute approximate surface area is 129 Å². The minimum atomic E-state index is -0.793. The number of benzene rings is 1. The molecule has 6 heteroatoms. The Morgan fingerprint density at radius 1 is 1.09 bits per heavy atom. The van der Waals surface area contributed by atoms with Crippen molar-refractivity contribution in [1.82, 2.24) is 14.6 Å². The number of fused-ring (bicyclic) bond motifs is 1. The van der Waals surface area contributed by atoms with E-state index in [4.69, 9.17) is 0 Å². The standard InChI is InChI=1S/C16H10FN3OS/c17-13-8-18-15-12(7-19-20(15)16(13)21)14-6-11(9-22-14)10-4-2-1-3-5-10/h1-9,21H. The Bertz CT molecular complexity index is 962. The lowest BCUT2D eigenvalue weighted by molar-refractivity contribution is 0.394. The van der Waals surface area contributed by atoms with E-state index in [-0.39, 0.29) is 0 Å². The molecule has 3 heterocycles. The number of aromatic hydroxyl groups is 1. The molecular weight excluding hydrogens is 301 g/mol. The maximum Gasteiger partial charge on any atom is 0.252 e. The van der Waals surface area contributed by atoms with Crippen LogP contribution in [0.2, 0.25) is 0 Å². The van der Waals surface area contributed by atoms with Crippen molar-refractivity contribution in [2.45, 2.75) is 0 Å². The molecular formula is C16H10FN3OS. The molecule has 1 N–H and O–H groups in total. The molecule has 0 radical (unpaired) electrons. The zero-order valence-corrected chi connectivity index (χ0v) is 12.1. The lowest BCUT2D eigenvalue weighted by Crippen LogP contribution is -1.94. The average Bonchev–Trinajstić information content (AvgIpc) is 3.18. The van der Waals surface area contributed by atoms with Gasteiger partial charge in [-0.3, -0.25) is 0 Å². The Hall–Kier alpha value is -2.73. The smallest absolute Gasteiger partial charge is 0.252 e. The predicted molar refractivity (Wildman–Crippen MR) is 83.4 cm³/mol. The average molecular weight is 311 g/mol. The molecule has 4 aromatic rings. The molecule has 0 spiro atoms. The topological polar surface area (TPSA) is 50.4 Å². The van der Waals surface area contributed by atoms with Crippen LogP contribution in [0.25, 0.3) is 27.2 Å². The zero-order valence-electron chi connectivity index (χ0n) is 11.3. The fraction of sp³-hybridized carbons (Fsp3) is 0.